The van der Waals surface area contributed by atoms with Crippen molar-refractivity contribution >= 4 is 0 Å². The molecule has 0 N–H and O–H groups in total. The molecule has 0 amide bonds. The second-order valence-electron chi connectivity index (χ2n) is 3.47. The molecule has 0 fully saturated rings. The SMILES string of the molecule is C/C=C/CC/C=C/C/C=C/CCCC. The van der Waals surface area contributed by atoms with Crippen molar-refractivity contribution in [3.8, 4) is 0 Å². The van der Waals surface area contributed by atoms with Crippen LogP contribution in [-0.2, 0) is 0 Å². The summed E-state index contributed by atoms with van der Waals surface area (Å²) in [7, 11) is 0. The van der Waals surface area contributed by atoms with Gasteiger partial charge in [0.1, 0.15) is 0 Å². The molecule has 0 heteroatoms. The Morgan fingerprint density at radius 2 is 1.43 bits per heavy atom. The van der Waals surface area contributed by atoms with E-state index in [1.54, 1.807) is 0 Å². The van der Waals surface area contributed by atoms with Crippen LogP contribution in [-0.4, -0.2) is 0 Å². The summed E-state index contributed by atoms with van der Waals surface area (Å²) in [5.74, 6) is 0. The van der Waals surface area contributed by atoms with Gasteiger partial charge in [-0.15, -0.1) is 0 Å². The van der Waals surface area contributed by atoms with Crippen LogP contribution in [0.3, 0.4) is 0 Å². The zero-order valence-electron chi connectivity index (χ0n) is 9.71. The molecule has 14 heavy (non-hydrogen) atoms. The van der Waals surface area contributed by atoms with E-state index in [1.807, 2.05) is 0 Å². The van der Waals surface area contributed by atoms with E-state index in [1.165, 1.54) is 32.1 Å². The number of unbranched alkanes of at least 4 members (excludes halogenated alkanes) is 3. The maximum Gasteiger partial charge on any atom is -0.0169 e. The van der Waals surface area contributed by atoms with Gasteiger partial charge in [-0.05, 0) is 32.6 Å². The average Bonchev–Trinajstić information content (AvgIpc) is 2.21. The zero-order valence-corrected chi connectivity index (χ0v) is 9.71. The van der Waals surface area contributed by atoms with Crippen molar-refractivity contribution in [3.05, 3.63) is 36.5 Å². The molecular weight excluding hydrogens is 168 g/mol. The molecule has 0 radical (unpaired) electrons. The largest absolute Gasteiger partial charge is 0.0917 e. The van der Waals surface area contributed by atoms with E-state index >= 15 is 0 Å². The highest BCUT2D eigenvalue weighted by Gasteiger charge is 1.77. The van der Waals surface area contributed by atoms with E-state index in [4.69, 9.17) is 0 Å². The predicted octanol–water partition coefficient (Wildman–Crippen LogP) is 5.04. The van der Waals surface area contributed by atoms with E-state index in [-0.39, 0.29) is 0 Å². The van der Waals surface area contributed by atoms with E-state index in [9.17, 15) is 0 Å². The second kappa shape index (κ2) is 12.2. The summed E-state index contributed by atoms with van der Waals surface area (Å²) in [6.07, 6.45) is 20.7. The molecule has 0 bridgehead atoms. The molecule has 0 saturated heterocycles. The Morgan fingerprint density at radius 1 is 0.786 bits per heavy atom. The fourth-order valence-electron chi connectivity index (χ4n) is 1.19. The average molecular weight is 192 g/mol. The van der Waals surface area contributed by atoms with Gasteiger partial charge in [-0.3, -0.25) is 0 Å². The number of hydrogen-bond acceptors (Lipinski definition) is 0. The van der Waals surface area contributed by atoms with Crippen molar-refractivity contribution in [2.75, 3.05) is 0 Å². The lowest BCUT2D eigenvalue weighted by Gasteiger charge is -1.88. The molecule has 0 spiro atoms. The second-order valence-corrected chi connectivity index (χ2v) is 3.47. The summed E-state index contributed by atoms with van der Waals surface area (Å²) in [4.78, 5) is 0. The third-order valence-corrected chi connectivity index (χ3v) is 2.07. The van der Waals surface area contributed by atoms with Gasteiger partial charge in [0, 0.05) is 0 Å². The van der Waals surface area contributed by atoms with Crippen LogP contribution in [0.25, 0.3) is 0 Å². The van der Waals surface area contributed by atoms with Crippen LogP contribution in [0.1, 0.15) is 52.4 Å². The van der Waals surface area contributed by atoms with Gasteiger partial charge >= 0.3 is 0 Å². The smallest absolute Gasteiger partial charge is 0.0169 e. The van der Waals surface area contributed by atoms with E-state index < -0.39 is 0 Å². The number of hydrogen-bond donors (Lipinski definition) is 0. The maximum atomic E-state index is 2.29. The molecule has 0 aromatic rings. The Bertz CT molecular complexity index is 172. The van der Waals surface area contributed by atoms with Crippen LogP contribution >= 0.6 is 0 Å². The first-order valence-corrected chi connectivity index (χ1v) is 5.83. The lowest BCUT2D eigenvalue weighted by Crippen LogP contribution is -1.67. The summed E-state index contributed by atoms with van der Waals surface area (Å²) in [6.45, 7) is 4.30. The van der Waals surface area contributed by atoms with Crippen molar-refractivity contribution in [1.82, 2.24) is 0 Å². The third kappa shape index (κ3) is 11.2. The highest BCUT2D eigenvalue weighted by molar-refractivity contribution is 4.93. The first kappa shape index (κ1) is 13.2. The molecule has 0 heterocycles. The summed E-state index contributed by atoms with van der Waals surface area (Å²) < 4.78 is 0. The standard InChI is InChI=1S/C14H24/c1-3-5-7-9-11-13-14-12-10-8-6-4-2/h3,5,10-13H,4,6-9,14H2,1-2H3/b5-3+,12-10+,13-11+. The number of rotatable bonds is 8. The molecule has 0 aliphatic rings. The molecule has 0 aliphatic heterocycles. The molecule has 0 rings (SSSR count). The van der Waals surface area contributed by atoms with Crippen LogP contribution in [0.2, 0.25) is 0 Å². The molecular formula is C14H24. The summed E-state index contributed by atoms with van der Waals surface area (Å²) in [5.41, 5.74) is 0. The quantitative estimate of drug-likeness (QED) is 0.373. The first-order chi connectivity index (χ1) is 6.91. The summed E-state index contributed by atoms with van der Waals surface area (Å²) in [6, 6.07) is 0. The fourth-order valence-corrected chi connectivity index (χ4v) is 1.19. The van der Waals surface area contributed by atoms with Crippen molar-refractivity contribution < 1.29 is 0 Å². The first-order valence-electron chi connectivity index (χ1n) is 5.83. The van der Waals surface area contributed by atoms with Gasteiger partial charge in [0.15, 0.2) is 0 Å². The fraction of sp³-hybridized carbons (Fsp3) is 0.571. The van der Waals surface area contributed by atoms with Crippen molar-refractivity contribution in [1.29, 1.82) is 0 Å². The van der Waals surface area contributed by atoms with Crippen LogP contribution in [0.4, 0.5) is 0 Å². The van der Waals surface area contributed by atoms with Crippen LogP contribution in [0.15, 0.2) is 36.5 Å². The normalized spacial score (nSPS) is 12.4. The lowest BCUT2D eigenvalue weighted by atomic mass is 10.2. The zero-order chi connectivity index (χ0) is 10.5. The minimum Gasteiger partial charge on any atom is -0.0917 e. The van der Waals surface area contributed by atoms with E-state index in [0.29, 0.717) is 0 Å². The minimum absolute atomic E-state index is 1.10. The molecule has 0 saturated carbocycles. The van der Waals surface area contributed by atoms with Gasteiger partial charge in [0.05, 0.1) is 0 Å². The Kier molecular flexibility index (Phi) is 11.5. The number of allylic oxidation sites excluding steroid dienone is 6. The monoisotopic (exact) mass is 192 g/mol. The summed E-state index contributed by atoms with van der Waals surface area (Å²) in [5, 5.41) is 0. The van der Waals surface area contributed by atoms with Gasteiger partial charge < -0.3 is 0 Å². The summed E-state index contributed by atoms with van der Waals surface area (Å²) >= 11 is 0. The van der Waals surface area contributed by atoms with Crippen molar-refractivity contribution in [2.45, 2.75) is 52.4 Å². The van der Waals surface area contributed by atoms with E-state index in [0.717, 1.165) is 6.42 Å². The molecule has 80 valence electrons. The van der Waals surface area contributed by atoms with E-state index in [2.05, 4.69) is 50.3 Å². The van der Waals surface area contributed by atoms with Gasteiger partial charge in [-0.1, -0.05) is 56.2 Å². The minimum atomic E-state index is 1.10. The Hall–Kier alpha value is -0.780. The molecule has 0 atom stereocenters. The molecule has 0 nitrogen and oxygen atoms in total. The van der Waals surface area contributed by atoms with Crippen molar-refractivity contribution in [3.63, 3.8) is 0 Å². The lowest BCUT2D eigenvalue weighted by molar-refractivity contribution is 0.813. The topological polar surface area (TPSA) is 0 Å². The third-order valence-electron chi connectivity index (χ3n) is 2.07. The van der Waals surface area contributed by atoms with Gasteiger partial charge in [0.2, 0.25) is 0 Å². The highest BCUT2D eigenvalue weighted by Crippen LogP contribution is 1.98. The van der Waals surface area contributed by atoms with Gasteiger partial charge in [-0.25, -0.2) is 0 Å². The molecule has 0 aliphatic carbocycles. The Balaban J connectivity index is 3.21. The Morgan fingerprint density at radius 3 is 2.07 bits per heavy atom. The maximum absolute atomic E-state index is 2.29. The van der Waals surface area contributed by atoms with Crippen molar-refractivity contribution in [2.24, 2.45) is 0 Å². The highest BCUT2D eigenvalue weighted by atomic mass is 13.8. The van der Waals surface area contributed by atoms with Gasteiger partial charge in [-0.2, -0.15) is 0 Å². The van der Waals surface area contributed by atoms with Gasteiger partial charge in [0.25, 0.3) is 0 Å². The predicted molar refractivity (Wildman–Crippen MR) is 66.5 cm³/mol. The molecule has 0 unspecified atom stereocenters. The Labute approximate surface area is 89.4 Å². The van der Waals surface area contributed by atoms with Crippen LogP contribution < -0.4 is 0 Å². The molecule has 0 aromatic heterocycles. The van der Waals surface area contributed by atoms with Crippen LogP contribution in [0.5, 0.6) is 0 Å². The molecule has 0 aromatic carbocycles. The van der Waals surface area contributed by atoms with Crippen LogP contribution in [0, 0.1) is 0 Å².